The molecule has 0 amide bonds. The van der Waals surface area contributed by atoms with Crippen LogP contribution in [0.2, 0.25) is 0 Å². The fraction of sp³-hybridized carbons (Fsp3) is 0.129. The number of carbonyl (C=O) groups is 1. The van der Waals surface area contributed by atoms with Gasteiger partial charge >= 0.3 is 5.97 Å². The summed E-state index contributed by atoms with van der Waals surface area (Å²) in [6.07, 6.45) is 4.26. The Balaban J connectivity index is 1.44. The quantitative estimate of drug-likeness (QED) is 0.183. The second kappa shape index (κ2) is 11.4. The number of nitrogens with zero attached hydrogens (tertiary/aromatic N) is 5. The van der Waals surface area contributed by atoms with Crippen molar-refractivity contribution in [1.29, 1.82) is 0 Å². The highest BCUT2D eigenvalue weighted by atomic mass is 32.1. The highest BCUT2D eigenvalue weighted by Crippen LogP contribution is 2.30. The zero-order valence-corrected chi connectivity index (χ0v) is 23.5. The lowest BCUT2D eigenvalue weighted by Gasteiger charge is -2.07. The number of aromatic nitrogens is 5. The lowest BCUT2D eigenvalue weighted by Crippen LogP contribution is -2.23. The van der Waals surface area contributed by atoms with E-state index < -0.39 is 11.8 Å². The highest BCUT2D eigenvalue weighted by Gasteiger charge is 2.18. The van der Waals surface area contributed by atoms with E-state index in [2.05, 4.69) is 10.1 Å². The number of halogens is 1. The summed E-state index contributed by atoms with van der Waals surface area (Å²) in [6, 6.07) is 21.1. The van der Waals surface area contributed by atoms with Crippen molar-refractivity contribution in [3.63, 3.8) is 0 Å². The number of carbonyl (C=O) groups excluding carboxylic acids is 1. The van der Waals surface area contributed by atoms with Crippen molar-refractivity contribution >= 4 is 28.3 Å². The van der Waals surface area contributed by atoms with Crippen molar-refractivity contribution in [2.75, 3.05) is 6.61 Å². The molecule has 0 saturated heterocycles. The molecule has 210 valence electrons. The molecule has 9 nitrogen and oxygen atoms in total. The van der Waals surface area contributed by atoms with Crippen LogP contribution >= 0.6 is 11.3 Å². The van der Waals surface area contributed by atoms with Gasteiger partial charge in [-0.1, -0.05) is 48.6 Å². The van der Waals surface area contributed by atoms with Crippen molar-refractivity contribution in [1.82, 2.24) is 24.4 Å². The molecule has 3 heterocycles. The second-order valence-electron chi connectivity index (χ2n) is 9.34. The lowest BCUT2D eigenvalue weighted by atomic mass is 10.1. The third kappa shape index (κ3) is 5.29. The minimum absolute atomic E-state index is 0.173. The topological polar surface area (TPSA) is 101 Å². The number of hydrogen-bond acceptors (Lipinski definition) is 8. The molecule has 0 aliphatic carbocycles. The number of esters is 1. The summed E-state index contributed by atoms with van der Waals surface area (Å²) in [7, 11) is 0. The number of ether oxygens (including phenoxy) is 2. The molecule has 6 rings (SSSR count). The summed E-state index contributed by atoms with van der Waals surface area (Å²) in [5, 5.41) is 9.14. The first kappa shape index (κ1) is 27.0. The number of para-hydroxylation sites is 2. The van der Waals surface area contributed by atoms with Crippen LogP contribution in [0.25, 0.3) is 39.4 Å². The first-order valence-corrected chi connectivity index (χ1v) is 14.0. The SMILES string of the molecule is CCCOc1ccc(-c2nn(-c3ccccc3)cc2/C=c2\sc3nc(-c4ccccc4OC(C)=O)nn3c2=O)cc1F. The molecule has 3 aromatic heterocycles. The Bertz CT molecular complexity index is 2030. The van der Waals surface area contributed by atoms with Crippen LogP contribution in [0.3, 0.4) is 0 Å². The molecule has 3 aromatic carbocycles. The van der Waals surface area contributed by atoms with Gasteiger partial charge in [-0.15, -0.1) is 5.10 Å². The minimum Gasteiger partial charge on any atom is -0.491 e. The van der Waals surface area contributed by atoms with Gasteiger partial charge < -0.3 is 9.47 Å². The third-order valence-corrected chi connectivity index (χ3v) is 7.24. The molecule has 0 radical (unpaired) electrons. The van der Waals surface area contributed by atoms with Gasteiger partial charge in [0.1, 0.15) is 11.4 Å². The van der Waals surface area contributed by atoms with Crippen LogP contribution in [0.5, 0.6) is 11.5 Å². The molecule has 0 atom stereocenters. The predicted molar refractivity (Wildman–Crippen MR) is 157 cm³/mol. The Morgan fingerprint density at radius 3 is 2.55 bits per heavy atom. The van der Waals surface area contributed by atoms with Gasteiger partial charge in [-0.25, -0.2) is 9.07 Å². The smallest absolute Gasteiger partial charge is 0.308 e. The summed E-state index contributed by atoms with van der Waals surface area (Å²) in [5.41, 5.74) is 2.58. The van der Waals surface area contributed by atoms with E-state index in [1.54, 1.807) is 53.4 Å². The highest BCUT2D eigenvalue weighted by molar-refractivity contribution is 7.15. The molecular weight excluding hydrogens is 557 g/mol. The molecule has 0 unspecified atom stereocenters. The maximum atomic E-state index is 14.9. The molecule has 6 aromatic rings. The van der Waals surface area contributed by atoms with Crippen molar-refractivity contribution in [3.05, 3.63) is 105 Å². The van der Waals surface area contributed by atoms with E-state index in [1.807, 2.05) is 37.3 Å². The van der Waals surface area contributed by atoms with Gasteiger partial charge in [-0.05, 0) is 55.0 Å². The Morgan fingerprint density at radius 2 is 1.81 bits per heavy atom. The van der Waals surface area contributed by atoms with Crippen LogP contribution in [0.15, 0.2) is 83.8 Å². The molecule has 0 bridgehead atoms. The molecule has 0 fully saturated rings. The van der Waals surface area contributed by atoms with E-state index in [4.69, 9.17) is 14.6 Å². The fourth-order valence-corrected chi connectivity index (χ4v) is 5.29. The van der Waals surface area contributed by atoms with Gasteiger partial charge in [0, 0.05) is 24.2 Å². The number of hydrogen-bond donors (Lipinski definition) is 0. The average molecular weight is 582 g/mol. The normalized spacial score (nSPS) is 11.7. The van der Waals surface area contributed by atoms with E-state index in [1.165, 1.54) is 17.5 Å². The summed E-state index contributed by atoms with van der Waals surface area (Å²) in [4.78, 5) is 29.9. The first-order chi connectivity index (χ1) is 20.4. The van der Waals surface area contributed by atoms with E-state index in [-0.39, 0.29) is 17.1 Å². The third-order valence-electron chi connectivity index (χ3n) is 6.28. The molecule has 0 aliphatic heterocycles. The number of thiazole rings is 1. The van der Waals surface area contributed by atoms with Gasteiger partial charge in [-0.3, -0.25) is 9.59 Å². The second-order valence-corrected chi connectivity index (χ2v) is 10.4. The Hall–Kier alpha value is -5.16. The van der Waals surface area contributed by atoms with Crippen molar-refractivity contribution in [3.8, 4) is 39.8 Å². The van der Waals surface area contributed by atoms with Gasteiger partial charge in [0.25, 0.3) is 5.56 Å². The molecule has 0 saturated carbocycles. The van der Waals surface area contributed by atoms with Crippen LogP contribution in [0.1, 0.15) is 25.8 Å². The number of benzene rings is 3. The number of rotatable bonds is 8. The molecule has 0 aliphatic rings. The van der Waals surface area contributed by atoms with Gasteiger partial charge in [0.2, 0.25) is 4.96 Å². The predicted octanol–water partition coefficient (Wildman–Crippen LogP) is 5.07. The first-order valence-electron chi connectivity index (χ1n) is 13.2. The van der Waals surface area contributed by atoms with Crippen LogP contribution in [0.4, 0.5) is 4.39 Å². The Kier molecular flexibility index (Phi) is 7.32. The Morgan fingerprint density at radius 1 is 1.02 bits per heavy atom. The molecule has 11 heteroatoms. The largest absolute Gasteiger partial charge is 0.491 e. The van der Waals surface area contributed by atoms with Crippen molar-refractivity contribution in [2.24, 2.45) is 0 Å². The maximum absolute atomic E-state index is 14.9. The van der Waals surface area contributed by atoms with Crippen molar-refractivity contribution in [2.45, 2.75) is 20.3 Å². The minimum atomic E-state index is -0.494. The van der Waals surface area contributed by atoms with Crippen LogP contribution in [-0.2, 0) is 4.79 Å². The van der Waals surface area contributed by atoms with E-state index in [0.29, 0.717) is 44.2 Å². The van der Waals surface area contributed by atoms with E-state index in [9.17, 15) is 14.0 Å². The lowest BCUT2D eigenvalue weighted by molar-refractivity contribution is -0.131. The average Bonchev–Trinajstić information content (AvgIpc) is 3.68. The monoisotopic (exact) mass is 581 g/mol. The van der Waals surface area contributed by atoms with Gasteiger partial charge in [0.05, 0.1) is 22.4 Å². The Labute approximate surface area is 243 Å². The molecule has 0 spiro atoms. The summed E-state index contributed by atoms with van der Waals surface area (Å²) in [6.45, 7) is 3.68. The van der Waals surface area contributed by atoms with Gasteiger partial charge in [0.15, 0.2) is 17.4 Å². The van der Waals surface area contributed by atoms with Crippen molar-refractivity contribution < 1.29 is 18.7 Å². The summed E-state index contributed by atoms with van der Waals surface area (Å²) in [5.74, 6) is -0.225. The molecule has 0 N–H and O–H groups in total. The van der Waals surface area contributed by atoms with Crippen LogP contribution in [0, 0.1) is 5.82 Å². The fourth-order valence-electron chi connectivity index (χ4n) is 4.39. The van der Waals surface area contributed by atoms with Gasteiger partial charge in [-0.2, -0.15) is 14.6 Å². The number of fused-ring (bicyclic) bond motifs is 1. The van der Waals surface area contributed by atoms with E-state index in [0.717, 1.165) is 23.4 Å². The zero-order valence-electron chi connectivity index (χ0n) is 22.7. The maximum Gasteiger partial charge on any atom is 0.308 e. The summed E-state index contributed by atoms with van der Waals surface area (Å²) >= 11 is 1.16. The zero-order chi connectivity index (χ0) is 29.2. The van der Waals surface area contributed by atoms with E-state index >= 15 is 0 Å². The van der Waals surface area contributed by atoms with Crippen LogP contribution < -0.4 is 19.6 Å². The molecule has 42 heavy (non-hydrogen) atoms. The summed E-state index contributed by atoms with van der Waals surface area (Å²) < 4.78 is 29.0. The standard InChI is InChI=1S/C31H24FN5O4S/c1-3-15-40-26-14-13-20(16-24(26)32)28-21(18-36(34-28)22-9-5-4-6-10-22)17-27-30(39)37-31(42-27)33-29(35-37)23-11-7-8-12-25(23)41-19(2)38/h4-14,16-18H,3,15H2,1-2H3/b27-17-. The van der Waals surface area contributed by atoms with Crippen LogP contribution in [-0.4, -0.2) is 37.0 Å². The molecular formula is C31H24FN5O4S.